The molecular formula is C36H58NO3+. The van der Waals surface area contributed by atoms with Gasteiger partial charge in [-0.1, -0.05) is 121 Å². The molecule has 0 aliphatic rings. The van der Waals surface area contributed by atoms with Crippen LogP contribution in [0, 0.1) is 5.92 Å². The Morgan fingerprint density at radius 1 is 0.750 bits per heavy atom. The summed E-state index contributed by atoms with van der Waals surface area (Å²) in [4.78, 5) is 13.0. The Morgan fingerprint density at radius 3 is 1.98 bits per heavy atom. The van der Waals surface area contributed by atoms with Gasteiger partial charge in [-0.3, -0.25) is 4.79 Å². The first-order chi connectivity index (χ1) is 19.3. The zero-order valence-corrected chi connectivity index (χ0v) is 26.3. The average Bonchev–Trinajstić information content (AvgIpc) is 2.92. The molecule has 4 heteroatoms. The van der Waals surface area contributed by atoms with Crippen LogP contribution in [0.1, 0.15) is 115 Å². The Balaban J connectivity index is 1.74. The van der Waals surface area contributed by atoms with Crippen LogP contribution in [0.15, 0.2) is 54.6 Å². The number of ether oxygens (including phenoxy) is 2. The van der Waals surface area contributed by atoms with Gasteiger partial charge in [0.2, 0.25) is 6.29 Å². The second-order valence-corrected chi connectivity index (χ2v) is 12.4. The van der Waals surface area contributed by atoms with E-state index in [1.54, 1.807) is 0 Å². The van der Waals surface area contributed by atoms with Crippen molar-refractivity contribution in [3.8, 4) is 5.75 Å². The lowest BCUT2D eigenvalue weighted by Crippen LogP contribution is -2.44. The largest absolute Gasteiger partial charge is 0.455 e. The average molecular weight is 553 g/mol. The third-order valence-electron chi connectivity index (χ3n) is 7.63. The van der Waals surface area contributed by atoms with Gasteiger partial charge in [0, 0.05) is 12.0 Å². The highest BCUT2D eigenvalue weighted by Crippen LogP contribution is 2.21. The summed E-state index contributed by atoms with van der Waals surface area (Å²) in [6.07, 6.45) is 17.0. The number of rotatable bonds is 22. The van der Waals surface area contributed by atoms with Crippen molar-refractivity contribution in [2.75, 3.05) is 20.6 Å². The van der Waals surface area contributed by atoms with Crippen LogP contribution in [0.3, 0.4) is 0 Å². The molecule has 0 saturated heterocycles. The van der Waals surface area contributed by atoms with E-state index in [4.69, 9.17) is 9.47 Å². The highest BCUT2D eigenvalue weighted by Gasteiger charge is 2.28. The third kappa shape index (κ3) is 14.9. The Hall–Kier alpha value is -2.33. The summed E-state index contributed by atoms with van der Waals surface area (Å²) in [5.41, 5.74) is 2.57. The number of carbonyl (C=O) groups excluding carboxylic acids is 1. The van der Waals surface area contributed by atoms with Gasteiger partial charge in [-0.2, -0.15) is 0 Å². The van der Waals surface area contributed by atoms with E-state index in [-0.39, 0.29) is 11.9 Å². The summed E-state index contributed by atoms with van der Waals surface area (Å²) < 4.78 is 12.8. The number of unbranched alkanes of at least 4 members (excludes halogenated alkanes) is 10. The van der Waals surface area contributed by atoms with Crippen LogP contribution in [0.25, 0.3) is 0 Å². The van der Waals surface area contributed by atoms with Crippen molar-refractivity contribution in [1.82, 2.24) is 0 Å². The van der Waals surface area contributed by atoms with Gasteiger partial charge in [0.05, 0.1) is 20.6 Å². The standard InChI is InChI=1S/C36H58NO3/c1-6-8-9-10-11-12-13-14-15-16-18-23-32-26-21-27-34(28-32)39-35(22-7-2)40-36(38)31(3)29-37(4,5)30-33-24-19-17-20-25-33/h17,19-21,24-28,31,35H,6-16,18,22-23,29-30H2,1-5H3/q+1. The van der Waals surface area contributed by atoms with Gasteiger partial charge < -0.3 is 14.0 Å². The monoisotopic (exact) mass is 552 g/mol. The topological polar surface area (TPSA) is 35.5 Å². The van der Waals surface area contributed by atoms with E-state index in [1.807, 2.05) is 19.1 Å². The van der Waals surface area contributed by atoms with Gasteiger partial charge >= 0.3 is 5.97 Å². The highest BCUT2D eigenvalue weighted by molar-refractivity contribution is 5.72. The minimum atomic E-state index is -0.554. The summed E-state index contributed by atoms with van der Waals surface area (Å²) in [6, 6.07) is 18.8. The smallest absolute Gasteiger partial charge is 0.317 e. The van der Waals surface area contributed by atoms with Crippen LogP contribution < -0.4 is 4.74 Å². The van der Waals surface area contributed by atoms with Crippen molar-refractivity contribution in [1.29, 1.82) is 0 Å². The Morgan fingerprint density at radius 2 is 1.35 bits per heavy atom. The first kappa shape index (κ1) is 33.9. The molecule has 0 bridgehead atoms. The molecule has 224 valence electrons. The fraction of sp³-hybridized carbons (Fsp3) is 0.639. The van der Waals surface area contributed by atoms with Crippen molar-refractivity contribution in [3.05, 3.63) is 65.7 Å². The van der Waals surface area contributed by atoms with E-state index >= 15 is 0 Å². The Labute approximate surface area is 246 Å². The molecular weight excluding hydrogens is 494 g/mol. The molecule has 0 aliphatic heterocycles. The van der Waals surface area contributed by atoms with Crippen LogP contribution in [-0.4, -0.2) is 37.4 Å². The lowest BCUT2D eigenvalue weighted by atomic mass is 10.0. The maximum atomic E-state index is 13.0. The fourth-order valence-corrected chi connectivity index (χ4v) is 5.50. The van der Waals surface area contributed by atoms with E-state index in [1.165, 1.54) is 81.8 Å². The number of benzene rings is 2. The van der Waals surface area contributed by atoms with Crippen molar-refractivity contribution in [2.24, 2.45) is 5.92 Å². The van der Waals surface area contributed by atoms with Crippen LogP contribution in [0.5, 0.6) is 5.75 Å². The number of quaternary nitrogens is 1. The number of nitrogens with zero attached hydrogens (tertiary/aromatic N) is 1. The zero-order chi connectivity index (χ0) is 29.1. The normalized spacial score (nSPS) is 13.1. The molecule has 0 amide bonds. The predicted molar refractivity (Wildman–Crippen MR) is 168 cm³/mol. The fourth-order valence-electron chi connectivity index (χ4n) is 5.50. The van der Waals surface area contributed by atoms with E-state index in [0.717, 1.165) is 29.6 Å². The van der Waals surface area contributed by atoms with Crippen molar-refractivity contribution in [2.45, 2.75) is 123 Å². The molecule has 0 spiro atoms. The number of hydrogen-bond acceptors (Lipinski definition) is 3. The van der Waals surface area contributed by atoms with Gasteiger partial charge in [0.15, 0.2) is 0 Å². The maximum absolute atomic E-state index is 13.0. The molecule has 2 aromatic carbocycles. The summed E-state index contributed by atoms with van der Waals surface area (Å²) in [6.45, 7) is 7.92. The molecule has 2 aromatic rings. The first-order valence-electron chi connectivity index (χ1n) is 16.1. The molecule has 0 aromatic heterocycles. The van der Waals surface area contributed by atoms with Crippen LogP contribution in [0.2, 0.25) is 0 Å². The lowest BCUT2D eigenvalue weighted by molar-refractivity contribution is -0.905. The molecule has 0 aliphatic carbocycles. The molecule has 0 fully saturated rings. The van der Waals surface area contributed by atoms with Gasteiger partial charge in [-0.25, -0.2) is 0 Å². The molecule has 4 nitrogen and oxygen atoms in total. The Kier molecular flexibility index (Phi) is 16.7. The summed E-state index contributed by atoms with van der Waals surface area (Å²) >= 11 is 0. The number of carbonyl (C=O) groups is 1. The van der Waals surface area contributed by atoms with Crippen molar-refractivity contribution in [3.63, 3.8) is 0 Å². The van der Waals surface area contributed by atoms with Crippen LogP contribution in [0.4, 0.5) is 0 Å². The zero-order valence-electron chi connectivity index (χ0n) is 26.3. The number of esters is 1. The van der Waals surface area contributed by atoms with E-state index in [2.05, 4.69) is 70.4 Å². The number of aryl methyl sites for hydroxylation is 1. The van der Waals surface area contributed by atoms with Gasteiger partial charge in [0.1, 0.15) is 18.2 Å². The summed E-state index contributed by atoms with van der Waals surface area (Å²) in [7, 11) is 4.33. The minimum Gasteiger partial charge on any atom is -0.455 e. The second kappa shape index (κ2) is 19.7. The van der Waals surface area contributed by atoms with Gasteiger partial charge in [-0.05, 0) is 43.9 Å². The van der Waals surface area contributed by atoms with E-state index in [0.29, 0.717) is 13.0 Å². The molecule has 2 atom stereocenters. The lowest BCUT2D eigenvalue weighted by Gasteiger charge is -2.32. The van der Waals surface area contributed by atoms with Crippen LogP contribution >= 0.6 is 0 Å². The molecule has 2 rings (SSSR count). The van der Waals surface area contributed by atoms with Crippen molar-refractivity contribution < 1.29 is 18.8 Å². The highest BCUT2D eigenvalue weighted by atomic mass is 16.7. The number of hydrogen-bond donors (Lipinski definition) is 0. The first-order valence-corrected chi connectivity index (χ1v) is 16.1. The van der Waals surface area contributed by atoms with Crippen molar-refractivity contribution >= 4 is 5.97 Å². The summed E-state index contributed by atoms with van der Waals surface area (Å²) in [5, 5.41) is 0. The molecule has 0 N–H and O–H groups in total. The molecule has 0 saturated carbocycles. The van der Waals surface area contributed by atoms with Gasteiger partial charge in [0.25, 0.3) is 0 Å². The molecule has 2 unspecified atom stereocenters. The second-order valence-electron chi connectivity index (χ2n) is 12.4. The van der Waals surface area contributed by atoms with E-state index < -0.39 is 6.29 Å². The summed E-state index contributed by atoms with van der Waals surface area (Å²) in [5.74, 6) is 0.392. The SMILES string of the molecule is CCCCCCCCCCCCCc1cccc(OC(CCC)OC(=O)C(C)C[N+](C)(C)Cc2ccccc2)c1. The molecule has 0 heterocycles. The molecule has 0 radical (unpaired) electrons. The van der Waals surface area contributed by atoms with Crippen LogP contribution in [-0.2, 0) is 22.5 Å². The maximum Gasteiger partial charge on any atom is 0.317 e. The third-order valence-corrected chi connectivity index (χ3v) is 7.63. The van der Waals surface area contributed by atoms with E-state index in [9.17, 15) is 4.79 Å². The predicted octanol–water partition coefficient (Wildman–Crippen LogP) is 9.50. The quantitative estimate of drug-likeness (QED) is 0.0631. The van der Waals surface area contributed by atoms with Gasteiger partial charge in [-0.15, -0.1) is 0 Å². The molecule has 40 heavy (non-hydrogen) atoms. The Bertz CT molecular complexity index is 927. The minimum absolute atomic E-state index is 0.185.